The predicted octanol–water partition coefficient (Wildman–Crippen LogP) is 3.36. The molecule has 27 heavy (non-hydrogen) atoms. The molecule has 1 N–H and O–H groups in total. The van der Waals surface area contributed by atoms with Gasteiger partial charge in [0.2, 0.25) is 5.91 Å². The fourth-order valence-electron chi connectivity index (χ4n) is 4.45. The lowest BCUT2D eigenvalue weighted by Crippen LogP contribution is -2.51. The highest BCUT2D eigenvalue weighted by Crippen LogP contribution is 2.43. The van der Waals surface area contributed by atoms with E-state index in [0.29, 0.717) is 24.2 Å². The Morgan fingerprint density at radius 2 is 1.93 bits per heavy atom. The third kappa shape index (κ3) is 2.35. The van der Waals surface area contributed by atoms with Crippen LogP contribution >= 0.6 is 0 Å². The van der Waals surface area contributed by atoms with Crippen molar-refractivity contribution >= 4 is 28.4 Å². The van der Waals surface area contributed by atoms with Gasteiger partial charge in [0.1, 0.15) is 0 Å². The summed E-state index contributed by atoms with van der Waals surface area (Å²) in [5.41, 5.74) is 2.52. The second kappa shape index (κ2) is 5.91. The molecule has 1 aromatic heterocycles. The third-order valence-electron chi connectivity index (χ3n) is 5.77. The van der Waals surface area contributed by atoms with Crippen molar-refractivity contribution in [2.24, 2.45) is 0 Å². The van der Waals surface area contributed by atoms with Crippen LogP contribution in [0.15, 0.2) is 60.8 Å². The van der Waals surface area contributed by atoms with Crippen LogP contribution in [0, 0.1) is 0 Å². The van der Waals surface area contributed by atoms with Crippen molar-refractivity contribution in [2.75, 3.05) is 18.4 Å². The van der Waals surface area contributed by atoms with Gasteiger partial charge in [0.25, 0.3) is 5.91 Å². The molecule has 2 aromatic carbocycles. The van der Waals surface area contributed by atoms with E-state index < -0.39 is 5.41 Å². The van der Waals surface area contributed by atoms with Crippen LogP contribution in [0.2, 0.25) is 0 Å². The highest BCUT2D eigenvalue weighted by molar-refractivity contribution is 6.08. The molecule has 5 rings (SSSR count). The van der Waals surface area contributed by atoms with Gasteiger partial charge in [-0.25, -0.2) is 0 Å². The number of piperidine rings is 1. The second-order valence-corrected chi connectivity index (χ2v) is 7.29. The van der Waals surface area contributed by atoms with Gasteiger partial charge < -0.3 is 10.2 Å². The van der Waals surface area contributed by atoms with Gasteiger partial charge in [0.05, 0.1) is 16.5 Å². The smallest absolute Gasteiger partial charge is 0.256 e. The molecular weight excluding hydrogens is 338 g/mol. The minimum Gasteiger partial charge on any atom is -0.337 e. The average Bonchev–Trinajstić information content (AvgIpc) is 2.98. The molecule has 0 radical (unpaired) electrons. The average molecular weight is 357 g/mol. The highest BCUT2D eigenvalue weighted by Gasteiger charge is 2.49. The Morgan fingerprint density at radius 3 is 2.85 bits per heavy atom. The first-order valence-electron chi connectivity index (χ1n) is 9.23. The number of amides is 2. The SMILES string of the molecule is O=C(c1cccc2cccnc12)N1CCC[C@@]2(C1)C(=O)Nc1ccccc12. The number of carbonyl (C=O) groups is 2. The zero-order valence-electron chi connectivity index (χ0n) is 14.8. The monoisotopic (exact) mass is 357 g/mol. The van der Waals surface area contributed by atoms with E-state index in [-0.39, 0.29) is 11.8 Å². The molecule has 0 aliphatic carbocycles. The number of hydrogen-bond donors (Lipinski definition) is 1. The van der Waals surface area contributed by atoms with Crippen molar-refractivity contribution < 1.29 is 9.59 Å². The standard InChI is InChI=1S/C22H19N3O2/c26-20(16-8-3-6-15-7-4-12-23-19(15)16)25-13-5-11-22(14-25)17-9-1-2-10-18(17)24-21(22)27/h1-4,6-10,12H,5,11,13-14H2,(H,24,27)/t22-/m0/s1. The van der Waals surface area contributed by atoms with Crippen LogP contribution in [-0.2, 0) is 10.2 Å². The Bertz CT molecular complexity index is 1070. The number of likely N-dealkylation sites (tertiary alicyclic amines) is 1. The molecule has 134 valence electrons. The first kappa shape index (κ1) is 16.0. The Morgan fingerprint density at radius 1 is 1.07 bits per heavy atom. The van der Waals surface area contributed by atoms with E-state index in [2.05, 4.69) is 10.3 Å². The summed E-state index contributed by atoms with van der Waals surface area (Å²) in [4.78, 5) is 32.4. The number of nitrogens with one attached hydrogen (secondary N) is 1. The number of rotatable bonds is 1. The van der Waals surface area contributed by atoms with E-state index in [1.54, 1.807) is 6.20 Å². The molecule has 1 fully saturated rings. The van der Waals surface area contributed by atoms with Gasteiger partial charge in [-0.2, -0.15) is 0 Å². The zero-order chi connectivity index (χ0) is 18.4. The lowest BCUT2D eigenvalue weighted by Gasteiger charge is -2.39. The topological polar surface area (TPSA) is 62.3 Å². The maximum Gasteiger partial charge on any atom is 0.256 e. The molecule has 3 aromatic rings. The molecule has 5 nitrogen and oxygen atoms in total. The normalized spacial score (nSPS) is 21.3. The number of pyridine rings is 1. The van der Waals surface area contributed by atoms with Crippen LogP contribution in [0.5, 0.6) is 0 Å². The summed E-state index contributed by atoms with van der Waals surface area (Å²) in [7, 11) is 0. The molecule has 0 unspecified atom stereocenters. The maximum absolute atomic E-state index is 13.3. The molecule has 3 heterocycles. The van der Waals surface area contributed by atoms with Gasteiger partial charge in [-0.15, -0.1) is 0 Å². The van der Waals surface area contributed by atoms with Crippen molar-refractivity contribution in [3.05, 3.63) is 71.9 Å². The van der Waals surface area contributed by atoms with E-state index in [1.165, 1.54) is 0 Å². The number of carbonyl (C=O) groups excluding carboxylic acids is 2. The summed E-state index contributed by atoms with van der Waals surface area (Å²) in [6.45, 7) is 1.05. The van der Waals surface area contributed by atoms with Gasteiger partial charge in [0.15, 0.2) is 0 Å². The second-order valence-electron chi connectivity index (χ2n) is 7.29. The van der Waals surface area contributed by atoms with Crippen molar-refractivity contribution in [1.82, 2.24) is 9.88 Å². The lowest BCUT2D eigenvalue weighted by atomic mass is 9.75. The Balaban J connectivity index is 1.53. The molecule has 1 saturated heterocycles. The van der Waals surface area contributed by atoms with E-state index in [0.717, 1.165) is 29.5 Å². The number of para-hydroxylation sites is 2. The Labute approximate surface area is 157 Å². The minimum absolute atomic E-state index is 0.00255. The molecule has 0 saturated carbocycles. The van der Waals surface area contributed by atoms with E-state index in [4.69, 9.17) is 0 Å². The van der Waals surface area contributed by atoms with E-state index in [1.807, 2.05) is 59.5 Å². The summed E-state index contributed by atoms with van der Waals surface area (Å²) in [6, 6.07) is 17.3. The van der Waals surface area contributed by atoms with Crippen molar-refractivity contribution in [3.8, 4) is 0 Å². The number of nitrogens with zero attached hydrogens (tertiary/aromatic N) is 2. The molecule has 0 bridgehead atoms. The number of anilines is 1. The number of hydrogen-bond acceptors (Lipinski definition) is 3. The van der Waals surface area contributed by atoms with Gasteiger partial charge in [0, 0.05) is 30.4 Å². The van der Waals surface area contributed by atoms with Crippen LogP contribution < -0.4 is 5.32 Å². The Hall–Kier alpha value is -3.21. The number of fused-ring (bicyclic) bond motifs is 3. The molecule has 5 heteroatoms. The van der Waals surface area contributed by atoms with Gasteiger partial charge in [-0.05, 0) is 36.6 Å². The molecule has 2 aliphatic rings. The summed E-state index contributed by atoms with van der Waals surface area (Å²) in [6.07, 6.45) is 3.26. The predicted molar refractivity (Wildman–Crippen MR) is 104 cm³/mol. The summed E-state index contributed by atoms with van der Waals surface area (Å²) < 4.78 is 0. The molecule has 1 atom stereocenters. The molecule has 2 amide bonds. The third-order valence-corrected chi connectivity index (χ3v) is 5.77. The van der Waals surface area contributed by atoms with Crippen LogP contribution in [0.1, 0.15) is 28.8 Å². The molecular formula is C22H19N3O2. The molecule has 2 aliphatic heterocycles. The van der Waals surface area contributed by atoms with Crippen LogP contribution in [0.4, 0.5) is 5.69 Å². The van der Waals surface area contributed by atoms with Gasteiger partial charge in [-0.1, -0.05) is 36.4 Å². The van der Waals surface area contributed by atoms with Gasteiger partial charge >= 0.3 is 0 Å². The first-order valence-corrected chi connectivity index (χ1v) is 9.23. The fraction of sp³-hybridized carbons (Fsp3) is 0.227. The summed E-state index contributed by atoms with van der Waals surface area (Å²) in [5.74, 6) is -0.0622. The summed E-state index contributed by atoms with van der Waals surface area (Å²) in [5, 5.41) is 3.94. The van der Waals surface area contributed by atoms with Crippen molar-refractivity contribution in [1.29, 1.82) is 0 Å². The van der Waals surface area contributed by atoms with E-state index in [9.17, 15) is 9.59 Å². The quantitative estimate of drug-likeness (QED) is 0.726. The largest absolute Gasteiger partial charge is 0.337 e. The first-order chi connectivity index (χ1) is 13.2. The maximum atomic E-state index is 13.3. The minimum atomic E-state index is -0.650. The summed E-state index contributed by atoms with van der Waals surface area (Å²) >= 11 is 0. The van der Waals surface area contributed by atoms with Crippen LogP contribution in [0.25, 0.3) is 10.9 Å². The number of aromatic nitrogens is 1. The fourth-order valence-corrected chi connectivity index (χ4v) is 4.45. The van der Waals surface area contributed by atoms with Crippen molar-refractivity contribution in [3.63, 3.8) is 0 Å². The van der Waals surface area contributed by atoms with E-state index >= 15 is 0 Å². The van der Waals surface area contributed by atoms with Crippen LogP contribution in [-0.4, -0.2) is 34.8 Å². The van der Waals surface area contributed by atoms with Crippen LogP contribution in [0.3, 0.4) is 0 Å². The molecule has 1 spiro atoms. The lowest BCUT2D eigenvalue weighted by molar-refractivity contribution is -0.122. The zero-order valence-corrected chi connectivity index (χ0v) is 14.8. The highest BCUT2D eigenvalue weighted by atomic mass is 16.2. The number of benzene rings is 2. The Kier molecular flexibility index (Phi) is 3.50. The van der Waals surface area contributed by atoms with Crippen molar-refractivity contribution in [2.45, 2.75) is 18.3 Å². The van der Waals surface area contributed by atoms with Gasteiger partial charge in [-0.3, -0.25) is 14.6 Å².